The molecule has 0 bridgehead atoms. The van der Waals surface area contributed by atoms with Crippen molar-refractivity contribution in [3.8, 4) is 11.5 Å². The van der Waals surface area contributed by atoms with Crippen LogP contribution < -0.4 is 0 Å². The summed E-state index contributed by atoms with van der Waals surface area (Å²) in [5.41, 5.74) is 3.12. The van der Waals surface area contributed by atoms with E-state index in [2.05, 4.69) is 33.8 Å². The minimum absolute atomic E-state index is 0.214. The highest BCUT2D eigenvalue weighted by Gasteiger charge is 2.32. The van der Waals surface area contributed by atoms with Gasteiger partial charge >= 0.3 is 0 Å². The average Bonchev–Trinajstić information content (AvgIpc) is 2.38. The number of phenolic OH excluding ortho intramolecular Hbond substituents is 2. The molecule has 1 aromatic rings. The number of hydrogen-bond donors (Lipinski definition) is 2. The SMILES string of the molecule is CCCc1cc(O)c(C2CC(C)=CC[C@H]2C(C)C)c(O)c1. The third-order valence-electron chi connectivity index (χ3n) is 4.76. The maximum absolute atomic E-state index is 10.5. The fourth-order valence-electron chi connectivity index (χ4n) is 3.63. The second kappa shape index (κ2) is 6.55. The first-order valence-electron chi connectivity index (χ1n) is 8.14. The van der Waals surface area contributed by atoms with Crippen molar-refractivity contribution >= 4 is 0 Å². The number of allylic oxidation sites excluding steroid dienone is 2. The molecule has 1 aliphatic rings. The number of hydrogen-bond acceptors (Lipinski definition) is 2. The summed E-state index contributed by atoms with van der Waals surface area (Å²) in [7, 11) is 0. The van der Waals surface area contributed by atoms with Gasteiger partial charge in [-0.05, 0) is 61.6 Å². The van der Waals surface area contributed by atoms with E-state index < -0.39 is 0 Å². The quantitative estimate of drug-likeness (QED) is 0.752. The smallest absolute Gasteiger partial charge is 0.123 e. The zero-order chi connectivity index (χ0) is 15.6. The van der Waals surface area contributed by atoms with Crippen molar-refractivity contribution in [3.05, 3.63) is 34.9 Å². The maximum Gasteiger partial charge on any atom is 0.123 e. The number of aryl methyl sites for hydroxylation is 1. The van der Waals surface area contributed by atoms with Crippen LogP contribution in [0.2, 0.25) is 0 Å². The van der Waals surface area contributed by atoms with E-state index in [1.165, 1.54) is 5.57 Å². The maximum atomic E-state index is 10.5. The molecule has 0 saturated carbocycles. The normalized spacial score (nSPS) is 22.4. The molecule has 2 N–H and O–H groups in total. The number of phenols is 2. The highest BCUT2D eigenvalue weighted by Crippen LogP contribution is 2.47. The van der Waals surface area contributed by atoms with Crippen molar-refractivity contribution in [2.24, 2.45) is 11.8 Å². The Bertz CT molecular complexity index is 505. The molecule has 0 amide bonds. The van der Waals surface area contributed by atoms with Gasteiger partial charge in [-0.25, -0.2) is 0 Å². The van der Waals surface area contributed by atoms with Crippen LogP contribution in [0, 0.1) is 11.8 Å². The Balaban J connectivity index is 2.41. The second-order valence-electron chi connectivity index (χ2n) is 6.80. The standard InChI is InChI=1S/C19H28O2/c1-5-6-14-10-17(20)19(18(21)11-14)16-9-13(4)7-8-15(16)12(2)3/h7,10-12,15-16,20-21H,5-6,8-9H2,1-4H3/t15-,16?/m0/s1. The first kappa shape index (κ1) is 15.9. The van der Waals surface area contributed by atoms with E-state index in [0.29, 0.717) is 11.8 Å². The predicted molar refractivity (Wildman–Crippen MR) is 87.8 cm³/mol. The number of aromatic hydroxyl groups is 2. The zero-order valence-electron chi connectivity index (χ0n) is 13.7. The van der Waals surface area contributed by atoms with Crippen molar-refractivity contribution in [1.29, 1.82) is 0 Å². The summed E-state index contributed by atoms with van der Waals surface area (Å²) in [5.74, 6) is 1.76. The molecule has 1 unspecified atom stereocenters. The molecule has 1 aliphatic carbocycles. The first-order valence-corrected chi connectivity index (χ1v) is 8.14. The van der Waals surface area contributed by atoms with Gasteiger partial charge in [0.25, 0.3) is 0 Å². The van der Waals surface area contributed by atoms with Crippen molar-refractivity contribution in [2.75, 3.05) is 0 Å². The van der Waals surface area contributed by atoms with E-state index in [4.69, 9.17) is 0 Å². The van der Waals surface area contributed by atoms with Crippen molar-refractivity contribution < 1.29 is 10.2 Å². The highest BCUT2D eigenvalue weighted by atomic mass is 16.3. The molecule has 2 nitrogen and oxygen atoms in total. The lowest BCUT2D eigenvalue weighted by molar-refractivity contribution is 0.292. The molecule has 0 aliphatic heterocycles. The molecule has 0 spiro atoms. The van der Waals surface area contributed by atoms with Crippen LogP contribution in [0.1, 0.15) is 64.0 Å². The lowest BCUT2D eigenvalue weighted by Crippen LogP contribution is -2.22. The zero-order valence-corrected chi connectivity index (χ0v) is 13.7. The fourth-order valence-corrected chi connectivity index (χ4v) is 3.63. The summed E-state index contributed by atoms with van der Waals surface area (Å²) in [4.78, 5) is 0. The predicted octanol–water partition coefficient (Wildman–Crippen LogP) is 5.15. The Morgan fingerprint density at radius 2 is 1.81 bits per heavy atom. The third kappa shape index (κ3) is 3.42. The lowest BCUT2D eigenvalue weighted by atomic mass is 9.70. The molecule has 116 valence electrons. The monoisotopic (exact) mass is 288 g/mol. The Morgan fingerprint density at radius 1 is 1.19 bits per heavy atom. The van der Waals surface area contributed by atoms with Crippen LogP contribution in [0.5, 0.6) is 11.5 Å². The highest BCUT2D eigenvalue weighted by molar-refractivity contribution is 5.50. The molecule has 0 radical (unpaired) electrons. The van der Waals surface area contributed by atoms with Crippen LogP contribution in [0.25, 0.3) is 0 Å². The first-order chi connectivity index (χ1) is 9.93. The lowest BCUT2D eigenvalue weighted by Gasteiger charge is -2.34. The summed E-state index contributed by atoms with van der Waals surface area (Å²) in [6, 6.07) is 3.67. The van der Waals surface area contributed by atoms with Gasteiger partial charge in [-0.1, -0.05) is 38.8 Å². The minimum Gasteiger partial charge on any atom is -0.508 e. The van der Waals surface area contributed by atoms with E-state index in [-0.39, 0.29) is 17.4 Å². The molecule has 2 heteroatoms. The van der Waals surface area contributed by atoms with Gasteiger partial charge < -0.3 is 10.2 Å². The summed E-state index contributed by atoms with van der Waals surface area (Å²) >= 11 is 0. The van der Waals surface area contributed by atoms with Crippen molar-refractivity contribution in [3.63, 3.8) is 0 Å². The van der Waals surface area contributed by atoms with Crippen LogP contribution in [0.3, 0.4) is 0 Å². The topological polar surface area (TPSA) is 40.5 Å². The van der Waals surface area contributed by atoms with Gasteiger partial charge in [-0.15, -0.1) is 0 Å². The average molecular weight is 288 g/mol. The Morgan fingerprint density at radius 3 is 2.33 bits per heavy atom. The largest absolute Gasteiger partial charge is 0.508 e. The van der Waals surface area contributed by atoms with Gasteiger partial charge in [0.15, 0.2) is 0 Å². The van der Waals surface area contributed by atoms with E-state index in [0.717, 1.165) is 36.8 Å². The van der Waals surface area contributed by atoms with Gasteiger partial charge in [-0.3, -0.25) is 0 Å². The summed E-state index contributed by atoms with van der Waals surface area (Å²) in [5, 5.41) is 20.9. The molecular formula is C19H28O2. The van der Waals surface area contributed by atoms with Crippen LogP contribution in [-0.2, 0) is 6.42 Å². The molecule has 0 saturated heterocycles. The molecule has 2 atom stereocenters. The molecule has 2 rings (SSSR count). The number of benzene rings is 1. The Hall–Kier alpha value is -1.44. The molecular weight excluding hydrogens is 260 g/mol. The third-order valence-corrected chi connectivity index (χ3v) is 4.76. The van der Waals surface area contributed by atoms with Crippen LogP contribution >= 0.6 is 0 Å². The fraction of sp³-hybridized carbons (Fsp3) is 0.579. The second-order valence-corrected chi connectivity index (χ2v) is 6.80. The van der Waals surface area contributed by atoms with Crippen molar-refractivity contribution in [2.45, 2.75) is 59.3 Å². The van der Waals surface area contributed by atoms with Gasteiger partial charge in [0.1, 0.15) is 11.5 Å². The summed E-state index contributed by atoms with van der Waals surface area (Å²) < 4.78 is 0. The van der Waals surface area contributed by atoms with Crippen LogP contribution in [-0.4, -0.2) is 10.2 Å². The van der Waals surface area contributed by atoms with Gasteiger partial charge in [0, 0.05) is 5.56 Å². The van der Waals surface area contributed by atoms with Gasteiger partial charge in [0.2, 0.25) is 0 Å². The van der Waals surface area contributed by atoms with Gasteiger partial charge in [-0.2, -0.15) is 0 Å². The molecule has 0 aromatic heterocycles. The minimum atomic E-state index is 0.214. The van der Waals surface area contributed by atoms with Gasteiger partial charge in [0.05, 0.1) is 0 Å². The van der Waals surface area contributed by atoms with E-state index in [9.17, 15) is 10.2 Å². The summed E-state index contributed by atoms with van der Waals surface area (Å²) in [6.07, 6.45) is 6.16. The number of rotatable bonds is 4. The Labute approximate surface area is 128 Å². The molecule has 0 fully saturated rings. The Kier molecular flexibility index (Phi) is 4.97. The van der Waals surface area contributed by atoms with Crippen molar-refractivity contribution in [1.82, 2.24) is 0 Å². The molecule has 0 heterocycles. The van der Waals surface area contributed by atoms with E-state index in [1.54, 1.807) is 0 Å². The summed E-state index contributed by atoms with van der Waals surface area (Å²) in [6.45, 7) is 8.70. The molecule has 21 heavy (non-hydrogen) atoms. The van der Waals surface area contributed by atoms with E-state index >= 15 is 0 Å². The van der Waals surface area contributed by atoms with Crippen LogP contribution in [0.15, 0.2) is 23.8 Å². The van der Waals surface area contributed by atoms with E-state index in [1.807, 2.05) is 12.1 Å². The van der Waals surface area contributed by atoms with Crippen LogP contribution in [0.4, 0.5) is 0 Å². The molecule has 1 aromatic carbocycles.